The molecule has 3 aromatic rings. The number of aromatic amines is 1. The molecule has 1 aliphatic heterocycles. The fourth-order valence-corrected chi connectivity index (χ4v) is 3.71. The molecule has 0 saturated heterocycles. The van der Waals surface area contributed by atoms with Gasteiger partial charge in [-0.2, -0.15) is 0 Å². The van der Waals surface area contributed by atoms with Gasteiger partial charge < -0.3 is 19.9 Å². The summed E-state index contributed by atoms with van der Waals surface area (Å²) in [4.78, 5) is 5.77. The lowest BCUT2D eigenvalue weighted by Crippen LogP contribution is -2.30. The monoisotopic (exact) mass is 335 g/mol. The third-order valence-corrected chi connectivity index (χ3v) is 4.98. The van der Waals surface area contributed by atoms with Gasteiger partial charge in [-0.15, -0.1) is 0 Å². The van der Waals surface area contributed by atoms with Crippen LogP contribution in [0.15, 0.2) is 42.5 Å². The molecule has 0 amide bonds. The number of benzene rings is 2. The van der Waals surface area contributed by atoms with Crippen molar-refractivity contribution < 1.29 is 4.74 Å². The molecule has 4 nitrogen and oxygen atoms in total. The average Bonchev–Trinajstić information content (AvgIpc) is 3.00. The number of hydrogen-bond donors (Lipinski definition) is 2. The molecule has 25 heavy (non-hydrogen) atoms. The third-order valence-electron chi connectivity index (χ3n) is 4.98. The van der Waals surface area contributed by atoms with Gasteiger partial charge in [0, 0.05) is 42.9 Å². The molecular weight excluding hydrogens is 310 g/mol. The Morgan fingerprint density at radius 1 is 1.12 bits per heavy atom. The summed E-state index contributed by atoms with van der Waals surface area (Å²) in [7, 11) is 4.14. The summed E-state index contributed by atoms with van der Waals surface area (Å²) in [5.41, 5.74) is 6.40. The molecular formula is C21H25N3O. The SMILES string of the molecule is CCOc1ccc2[nH]c3c(c2c1)CCNC3c1ccc(N(C)C)cc1. The summed E-state index contributed by atoms with van der Waals surface area (Å²) in [5.74, 6) is 0.946. The van der Waals surface area contributed by atoms with Gasteiger partial charge in [-0.1, -0.05) is 12.1 Å². The molecule has 0 saturated carbocycles. The summed E-state index contributed by atoms with van der Waals surface area (Å²) in [6, 6.07) is 15.4. The Morgan fingerprint density at radius 2 is 1.92 bits per heavy atom. The molecule has 0 spiro atoms. The number of ether oxygens (including phenoxy) is 1. The Morgan fingerprint density at radius 3 is 2.64 bits per heavy atom. The van der Waals surface area contributed by atoms with Gasteiger partial charge in [0.2, 0.25) is 0 Å². The summed E-state index contributed by atoms with van der Waals surface area (Å²) >= 11 is 0. The molecule has 0 fully saturated rings. The first kappa shape index (κ1) is 16.0. The van der Waals surface area contributed by atoms with Crippen LogP contribution in [-0.2, 0) is 6.42 Å². The van der Waals surface area contributed by atoms with Gasteiger partial charge in [-0.3, -0.25) is 0 Å². The Labute approximate surface area is 148 Å². The Hall–Kier alpha value is -2.46. The molecule has 1 atom stereocenters. The van der Waals surface area contributed by atoms with E-state index in [1.54, 1.807) is 0 Å². The summed E-state index contributed by atoms with van der Waals surface area (Å²) in [6.45, 7) is 3.70. The molecule has 0 bridgehead atoms. The Balaban J connectivity index is 1.75. The van der Waals surface area contributed by atoms with E-state index >= 15 is 0 Å². The number of hydrogen-bond acceptors (Lipinski definition) is 3. The van der Waals surface area contributed by atoms with Crippen molar-refractivity contribution in [2.75, 3.05) is 32.1 Å². The van der Waals surface area contributed by atoms with Crippen molar-refractivity contribution in [1.82, 2.24) is 10.3 Å². The van der Waals surface area contributed by atoms with Crippen molar-refractivity contribution in [3.63, 3.8) is 0 Å². The van der Waals surface area contributed by atoms with Crippen molar-refractivity contribution in [1.29, 1.82) is 0 Å². The Kier molecular flexibility index (Phi) is 4.14. The van der Waals surface area contributed by atoms with E-state index in [4.69, 9.17) is 4.74 Å². The van der Waals surface area contributed by atoms with Gasteiger partial charge in [0.1, 0.15) is 5.75 Å². The van der Waals surface area contributed by atoms with Crippen molar-refractivity contribution in [2.45, 2.75) is 19.4 Å². The minimum atomic E-state index is 0.211. The highest BCUT2D eigenvalue weighted by atomic mass is 16.5. The van der Waals surface area contributed by atoms with Crippen LogP contribution in [0.1, 0.15) is 29.8 Å². The van der Waals surface area contributed by atoms with Crippen LogP contribution in [0.2, 0.25) is 0 Å². The van der Waals surface area contributed by atoms with Gasteiger partial charge >= 0.3 is 0 Å². The molecule has 4 rings (SSSR count). The fourth-order valence-electron chi connectivity index (χ4n) is 3.71. The lowest BCUT2D eigenvalue weighted by atomic mass is 9.94. The maximum absolute atomic E-state index is 5.69. The van der Waals surface area contributed by atoms with Crippen LogP contribution in [0.25, 0.3) is 10.9 Å². The van der Waals surface area contributed by atoms with Crippen LogP contribution >= 0.6 is 0 Å². The molecule has 0 aliphatic carbocycles. The highest BCUT2D eigenvalue weighted by Crippen LogP contribution is 2.35. The van der Waals surface area contributed by atoms with Crippen LogP contribution in [0.5, 0.6) is 5.75 Å². The second-order valence-electron chi connectivity index (χ2n) is 6.78. The highest BCUT2D eigenvalue weighted by Gasteiger charge is 2.25. The number of fused-ring (bicyclic) bond motifs is 3. The third kappa shape index (κ3) is 2.87. The van der Waals surface area contributed by atoms with Gasteiger partial charge in [0.15, 0.2) is 0 Å². The predicted molar refractivity (Wildman–Crippen MR) is 104 cm³/mol. The molecule has 130 valence electrons. The zero-order valence-electron chi connectivity index (χ0n) is 15.1. The smallest absolute Gasteiger partial charge is 0.120 e. The quantitative estimate of drug-likeness (QED) is 0.760. The minimum absolute atomic E-state index is 0.211. The topological polar surface area (TPSA) is 40.3 Å². The first-order valence-electron chi connectivity index (χ1n) is 8.95. The zero-order valence-corrected chi connectivity index (χ0v) is 15.1. The van der Waals surface area contributed by atoms with E-state index < -0.39 is 0 Å². The van der Waals surface area contributed by atoms with Crippen LogP contribution in [0.4, 0.5) is 5.69 Å². The molecule has 1 aliphatic rings. The van der Waals surface area contributed by atoms with Crippen molar-refractivity contribution >= 4 is 16.6 Å². The van der Waals surface area contributed by atoms with E-state index in [-0.39, 0.29) is 6.04 Å². The number of nitrogens with zero attached hydrogens (tertiary/aromatic N) is 1. The van der Waals surface area contributed by atoms with Gasteiger partial charge in [-0.25, -0.2) is 0 Å². The van der Waals surface area contributed by atoms with Crippen LogP contribution in [-0.4, -0.2) is 32.2 Å². The van der Waals surface area contributed by atoms with Crippen molar-refractivity contribution in [3.05, 3.63) is 59.3 Å². The average molecular weight is 335 g/mol. The standard InChI is InChI=1S/C21H25N3O/c1-4-25-16-9-10-19-18(13-16)17-11-12-22-20(21(17)23-19)14-5-7-15(8-6-14)24(2)3/h5-10,13,20,22-23H,4,11-12H2,1-3H3. The highest BCUT2D eigenvalue weighted by molar-refractivity contribution is 5.86. The fraction of sp³-hybridized carbons (Fsp3) is 0.333. The van der Waals surface area contributed by atoms with E-state index in [2.05, 4.69) is 65.7 Å². The molecule has 2 aromatic carbocycles. The summed E-state index contributed by atoms with van der Waals surface area (Å²) in [5, 5.41) is 4.95. The van der Waals surface area contributed by atoms with Crippen LogP contribution in [0.3, 0.4) is 0 Å². The number of rotatable bonds is 4. The molecule has 4 heteroatoms. The number of anilines is 1. The van der Waals surface area contributed by atoms with E-state index in [1.165, 1.54) is 33.4 Å². The zero-order chi connectivity index (χ0) is 17.4. The lowest BCUT2D eigenvalue weighted by Gasteiger charge is -2.25. The molecule has 2 N–H and O–H groups in total. The number of nitrogens with one attached hydrogen (secondary N) is 2. The van der Waals surface area contributed by atoms with E-state index in [1.807, 2.05) is 13.0 Å². The molecule has 2 heterocycles. The summed E-state index contributed by atoms with van der Waals surface area (Å²) < 4.78 is 5.69. The lowest BCUT2D eigenvalue weighted by molar-refractivity contribution is 0.340. The van der Waals surface area contributed by atoms with Crippen molar-refractivity contribution in [2.24, 2.45) is 0 Å². The first-order valence-corrected chi connectivity index (χ1v) is 8.95. The van der Waals surface area contributed by atoms with E-state index in [0.29, 0.717) is 6.61 Å². The number of H-pyrrole nitrogens is 1. The van der Waals surface area contributed by atoms with E-state index in [9.17, 15) is 0 Å². The van der Waals surface area contributed by atoms with Crippen LogP contribution in [0, 0.1) is 0 Å². The van der Waals surface area contributed by atoms with Gasteiger partial charge in [-0.05, 0) is 54.8 Å². The number of aromatic nitrogens is 1. The van der Waals surface area contributed by atoms with Crippen molar-refractivity contribution in [3.8, 4) is 5.75 Å². The first-order chi connectivity index (χ1) is 12.2. The van der Waals surface area contributed by atoms with E-state index in [0.717, 1.165) is 18.7 Å². The maximum Gasteiger partial charge on any atom is 0.120 e. The second kappa shape index (κ2) is 6.45. The van der Waals surface area contributed by atoms with Gasteiger partial charge in [0.05, 0.1) is 12.6 Å². The largest absolute Gasteiger partial charge is 0.494 e. The summed E-state index contributed by atoms with van der Waals surface area (Å²) in [6.07, 6.45) is 1.04. The molecule has 1 unspecified atom stereocenters. The second-order valence-corrected chi connectivity index (χ2v) is 6.78. The molecule has 1 aromatic heterocycles. The predicted octanol–water partition coefficient (Wildman–Crippen LogP) is 3.87. The van der Waals surface area contributed by atoms with Crippen LogP contribution < -0.4 is 15.0 Å². The minimum Gasteiger partial charge on any atom is -0.494 e. The maximum atomic E-state index is 5.69. The Bertz CT molecular complexity index is 880. The molecule has 0 radical (unpaired) electrons. The normalized spacial score (nSPS) is 16.7. The van der Waals surface area contributed by atoms with Gasteiger partial charge in [0.25, 0.3) is 0 Å².